The SMILES string of the molecule is CCC1OC(=O)[C@H](C)[C@@H](O[C@H]2C[C@@](C)(OC)[C@](O)(CNC(C)(C)C)[C@H](C)O2)[C@H](C)[C@@H](O[C@@H]2O[C@H](C)C[C@H](N(C)C)[C@H]2O)[C@](C)(O)C[C@@H](C)CN[C@H](C)[C@@H](O)[C@]1(C)O. The largest absolute Gasteiger partial charge is 0.459 e. The Bertz CT molecular complexity index is 1280. The van der Waals surface area contributed by atoms with Gasteiger partial charge in [0.1, 0.15) is 35.1 Å². The number of nitrogens with zero attached hydrogens (tertiary/aromatic N) is 1. The number of aliphatic hydroxyl groups is 5. The fraction of sp³-hybridized carbons (Fsp3) is 0.976. The van der Waals surface area contributed by atoms with Crippen molar-refractivity contribution in [3.05, 3.63) is 0 Å². The van der Waals surface area contributed by atoms with Crippen molar-refractivity contribution in [1.82, 2.24) is 15.5 Å². The van der Waals surface area contributed by atoms with E-state index in [2.05, 4.69) is 10.6 Å². The van der Waals surface area contributed by atoms with Crippen molar-refractivity contribution in [3.63, 3.8) is 0 Å². The number of β-amino-alcohol motifs (C(OH)–C–C–N with tert-alkyl or cyclic N) is 1. The van der Waals surface area contributed by atoms with Crippen molar-refractivity contribution in [2.45, 2.75) is 211 Å². The number of carbonyl (C=O) groups is 1. The van der Waals surface area contributed by atoms with Crippen LogP contribution in [-0.4, -0.2) is 166 Å². The first-order valence-electron chi connectivity index (χ1n) is 21.1. The zero-order valence-corrected chi connectivity index (χ0v) is 37.9. The van der Waals surface area contributed by atoms with Crippen LogP contribution < -0.4 is 10.6 Å². The summed E-state index contributed by atoms with van der Waals surface area (Å²) in [5.74, 6) is -2.69. The molecule has 0 aromatic carbocycles. The lowest BCUT2D eigenvalue weighted by Crippen LogP contribution is -2.71. The summed E-state index contributed by atoms with van der Waals surface area (Å²) in [6, 6.07) is -0.884. The van der Waals surface area contributed by atoms with E-state index in [1.54, 1.807) is 41.5 Å². The molecule has 3 aliphatic heterocycles. The molecule has 0 aromatic rings. The van der Waals surface area contributed by atoms with Crippen LogP contribution in [0.15, 0.2) is 0 Å². The second kappa shape index (κ2) is 19.3. The number of aliphatic hydroxyl groups excluding tert-OH is 2. The van der Waals surface area contributed by atoms with E-state index in [1.165, 1.54) is 14.0 Å². The summed E-state index contributed by atoms with van der Waals surface area (Å²) in [5.41, 5.74) is -6.34. The number of nitrogens with one attached hydrogen (secondary N) is 2. The molecule has 15 heteroatoms. The molecule has 0 saturated carbocycles. The predicted octanol–water partition coefficient (Wildman–Crippen LogP) is 2.32. The lowest BCUT2D eigenvalue weighted by Gasteiger charge is -2.54. The molecule has 1 unspecified atom stereocenters. The number of hydrogen-bond donors (Lipinski definition) is 7. The third-order valence-electron chi connectivity index (χ3n) is 13.1. The Morgan fingerprint density at radius 1 is 0.965 bits per heavy atom. The fourth-order valence-corrected chi connectivity index (χ4v) is 9.15. The van der Waals surface area contributed by atoms with Crippen LogP contribution >= 0.6 is 0 Å². The summed E-state index contributed by atoms with van der Waals surface area (Å²) < 4.78 is 38.4. The third-order valence-corrected chi connectivity index (χ3v) is 13.1. The Kier molecular flexibility index (Phi) is 17.1. The van der Waals surface area contributed by atoms with Gasteiger partial charge in [-0.05, 0) is 115 Å². The van der Waals surface area contributed by atoms with Crippen molar-refractivity contribution >= 4 is 5.97 Å². The maximum atomic E-state index is 14.4. The van der Waals surface area contributed by atoms with Crippen LogP contribution in [0.2, 0.25) is 0 Å². The lowest BCUT2D eigenvalue weighted by atomic mass is 9.75. The Hall–Kier alpha value is -1.05. The fourth-order valence-electron chi connectivity index (χ4n) is 9.15. The number of rotatable bonds is 9. The van der Waals surface area contributed by atoms with Crippen molar-refractivity contribution in [3.8, 4) is 0 Å². The molecule has 3 heterocycles. The van der Waals surface area contributed by atoms with Crippen LogP contribution in [0.25, 0.3) is 0 Å². The zero-order chi connectivity index (χ0) is 43.6. The first-order valence-corrected chi connectivity index (χ1v) is 21.1. The highest BCUT2D eigenvalue weighted by atomic mass is 16.7. The summed E-state index contributed by atoms with van der Waals surface area (Å²) in [7, 11) is 5.30. The van der Waals surface area contributed by atoms with E-state index in [0.717, 1.165) is 0 Å². The summed E-state index contributed by atoms with van der Waals surface area (Å²) in [4.78, 5) is 16.3. The van der Waals surface area contributed by atoms with Crippen LogP contribution in [-0.2, 0) is 33.2 Å². The predicted molar refractivity (Wildman–Crippen MR) is 216 cm³/mol. The minimum absolute atomic E-state index is 0.0780. The summed E-state index contributed by atoms with van der Waals surface area (Å²) in [6.45, 7) is 24.1. The molecule has 0 amide bonds. The molecule has 336 valence electrons. The minimum Gasteiger partial charge on any atom is -0.459 e. The van der Waals surface area contributed by atoms with Crippen LogP contribution in [0.1, 0.15) is 116 Å². The van der Waals surface area contributed by atoms with E-state index in [1.807, 2.05) is 60.5 Å². The molecule has 57 heavy (non-hydrogen) atoms. The molecule has 0 spiro atoms. The maximum Gasteiger partial charge on any atom is 0.311 e. The molecule has 7 N–H and O–H groups in total. The highest BCUT2D eigenvalue weighted by molar-refractivity contribution is 5.73. The third kappa shape index (κ3) is 11.7. The zero-order valence-electron chi connectivity index (χ0n) is 37.9. The van der Waals surface area contributed by atoms with E-state index in [0.29, 0.717) is 13.0 Å². The highest BCUT2D eigenvalue weighted by Gasteiger charge is 2.58. The van der Waals surface area contributed by atoms with Gasteiger partial charge in [0.05, 0.1) is 35.9 Å². The molecule has 3 fully saturated rings. The Morgan fingerprint density at radius 3 is 2.12 bits per heavy atom. The van der Waals surface area contributed by atoms with Gasteiger partial charge in [0, 0.05) is 43.6 Å². The van der Waals surface area contributed by atoms with Crippen molar-refractivity contribution in [2.75, 3.05) is 34.3 Å². The number of esters is 1. The van der Waals surface area contributed by atoms with E-state index >= 15 is 0 Å². The Balaban J connectivity index is 2.17. The highest BCUT2D eigenvalue weighted by Crippen LogP contribution is 2.43. The Labute approximate surface area is 342 Å². The number of methoxy groups -OCH3 is 1. The smallest absolute Gasteiger partial charge is 0.311 e. The van der Waals surface area contributed by atoms with E-state index in [4.69, 9.17) is 28.4 Å². The van der Waals surface area contributed by atoms with Gasteiger partial charge >= 0.3 is 5.97 Å². The average Bonchev–Trinajstić information content (AvgIpc) is 3.11. The van der Waals surface area contributed by atoms with E-state index in [9.17, 15) is 30.3 Å². The topological polar surface area (TPSA) is 201 Å². The standard InChI is InChI=1S/C42H81N3O12/c1-17-30-41(13,50)34(47)27(6)43-21-23(2)19-39(11,49)35(57-37-32(46)29(45(14)15)18-24(3)53-37)25(4)33(26(5)36(48)55-30)56-31-20-40(12,52-16)42(51,28(7)54-31)22-44-38(8,9)10/h23-35,37,43-44,46-47,49-51H,17-22H2,1-16H3/t23-,24-,25+,26-,27-,28+,29+,30?,31+,32-,33+,34-,35-,37+,39-,40-,41-,42+/m1/s1. The molecule has 0 aliphatic carbocycles. The molecule has 18 atom stereocenters. The molecule has 0 radical (unpaired) electrons. The number of ether oxygens (including phenoxy) is 6. The molecular weight excluding hydrogens is 738 g/mol. The molecule has 15 nitrogen and oxygen atoms in total. The van der Waals surface area contributed by atoms with Crippen LogP contribution in [0, 0.1) is 17.8 Å². The van der Waals surface area contributed by atoms with E-state index in [-0.39, 0.29) is 49.4 Å². The summed E-state index contributed by atoms with van der Waals surface area (Å²) >= 11 is 0. The van der Waals surface area contributed by atoms with Crippen LogP contribution in [0.5, 0.6) is 0 Å². The van der Waals surface area contributed by atoms with Crippen molar-refractivity contribution < 1.29 is 58.7 Å². The van der Waals surface area contributed by atoms with Crippen LogP contribution in [0.4, 0.5) is 0 Å². The molecule has 0 aromatic heterocycles. The summed E-state index contributed by atoms with van der Waals surface area (Å²) in [6.07, 6.45) is -7.69. The Morgan fingerprint density at radius 2 is 1.58 bits per heavy atom. The monoisotopic (exact) mass is 820 g/mol. The quantitative estimate of drug-likeness (QED) is 0.167. The molecule has 0 bridgehead atoms. The van der Waals surface area contributed by atoms with Gasteiger partial charge in [-0.25, -0.2) is 0 Å². The first-order chi connectivity index (χ1) is 26.0. The number of carbonyl (C=O) groups excluding carboxylic acids is 1. The van der Waals surface area contributed by atoms with Gasteiger partial charge in [-0.3, -0.25) is 4.79 Å². The van der Waals surface area contributed by atoms with Crippen molar-refractivity contribution in [1.29, 1.82) is 0 Å². The first kappa shape index (κ1) is 50.3. The second-order valence-corrected chi connectivity index (χ2v) is 19.6. The van der Waals surface area contributed by atoms with E-state index < -0.39 is 95.5 Å². The number of hydrogen-bond acceptors (Lipinski definition) is 15. The van der Waals surface area contributed by atoms with Gasteiger partial charge in [0.25, 0.3) is 0 Å². The van der Waals surface area contributed by atoms with Gasteiger partial charge in [-0.1, -0.05) is 20.8 Å². The number of likely N-dealkylation sites (N-methyl/N-ethyl adjacent to an activating group) is 1. The molecule has 3 aliphatic rings. The molecule has 3 saturated heterocycles. The van der Waals surface area contributed by atoms with Gasteiger partial charge in [0.2, 0.25) is 0 Å². The summed E-state index contributed by atoms with van der Waals surface area (Å²) in [5, 5.41) is 66.1. The lowest BCUT2D eigenvalue weighted by molar-refractivity contribution is -0.336. The van der Waals surface area contributed by atoms with Crippen molar-refractivity contribution in [2.24, 2.45) is 17.8 Å². The average molecular weight is 820 g/mol. The molecular formula is C42H81N3O12. The number of cyclic esters (lactones) is 1. The van der Waals surface area contributed by atoms with Gasteiger partial charge in [-0.2, -0.15) is 0 Å². The minimum atomic E-state index is -1.82. The molecule has 3 rings (SSSR count). The van der Waals surface area contributed by atoms with Gasteiger partial charge < -0.3 is 69.5 Å². The second-order valence-electron chi connectivity index (χ2n) is 19.6. The van der Waals surface area contributed by atoms with Gasteiger partial charge in [0.15, 0.2) is 12.6 Å². The maximum absolute atomic E-state index is 14.4. The normalized spacial score (nSPS) is 47.6. The van der Waals surface area contributed by atoms with Gasteiger partial charge in [-0.15, -0.1) is 0 Å². The van der Waals surface area contributed by atoms with Crippen LogP contribution in [0.3, 0.4) is 0 Å².